The van der Waals surface area contributed by atoms with Crippen molar-refractivity contribution >= 4 is 12.1 Å². The van der Waals surface area contributed by atoms with Crippen LogP contribution in [-0.4, -0.2) is 72.2 Å². The van der Waals surface area contributed by atoms with E-state index in [-0.39, 0.29) is 32.8 Å². The van der Waals surface area contributed by atoms with Crippen LogP contribution in [0.3, 0.4) is 0 Å². The zero-order valence-corrected chi connectivity index (χ0v) is 10.3. The summed E-state index contributed by atoms with van der Waals surface area (Å²) in [6, 6.07) is 0. The molecule has 1 rings (SSSR count). The summed E-state index contributed by atoms with van der Waals surface area (Å²) in [5.41, 5.74) is 0. The van der Waals surface area contributed by atoms with Gasteiger partial charge in [0.05, 0.1) is 6.54 Å². The van der Waals surface area contributed by atoms with Crippen LogP contribution in [-0.2, 0) is 9.53 Å². The van der Waals surface area contributed by atoms with Gasteiger partial charge in [-0.1, -0.05) is 12.7 Å². The molecule has 1 heterocycles. The third-order valence-corrected chi connectivity index (χ3v) is 2.69. The number of hydrogen-bond donors (Lipinski definition) is 1. The Bertz CT molecular complexity index is 355. The zero-order chi connectivity index (χ0) is 14.5. The van der Waals surface area contributed by atoms with E-state index >= 15 is 0 Å². The molecule has 6 nitrogen and oxygen atoms in total. The van der Waals surface area contributed by atoms with Crippen LogP contribution < -0.4 is 0 Å². The van der Waals surface area contributed by atoms with Crippen molar-refractivity contribution in [2.75, 3.05) is 39.3 Å². The number of rotatable bonds is 5. The van der Waals surface area contributed by atoms with Crippen molar-refractivity contribution in [1.82, 2.24) is 9.80 Å². The molecule has 0 bridgehead atoms. The lowest BCUT2D eigenvalue weighted by Gasteiger charge is -2.34. The highest BCUT2D eigenvalue weighted by atomic mass is 19.3. The molecule has 1 N–H and O–H groups in total. The van der Waals surface area contributed by atoms with Crippen LogP contribution in [0.4, 0.5) is 13.6 Å². The molecule has 0 aromatic heterocycles. The Labute approximate surface area is 109 Å². The average Bonchev–Trinajstić information content (AvgIpc) is 2.36. The number of alkyl halides is 2. The molecule has 1 saturated heterocycles. The van der Waals surface area contributed by atoms with Crippen LogP contribution in [0.2, 0.25) is 0 Å². The monoisotopic (exact) mass is 278 g/mol. The third kappa shape index (κ3) is 4.47. The molecule has 0 radical (unpaired) electrons. The van der Waals surface area contributed by atoms with E-state index in [0.29, 0.717) is 0 Å². The molecule has 0 aromatic rings. The van der Waals surface area contributed by atoms with Gasteiger partial charge in [-0.15, -0.1) is 0 Å². The molecule has 0 aromatic carbocycles. The van der Waals surface area contributed by atoms with Gasteiger partial charge < -0.3 is 14.7 Å². The van der Waals surface area contributed by atoms with Gasteiger partial charge in [-0.25, -0.2) is 9.59 Å². The summed E-state index contributed by atoms with van der Waals surface area (Å²) in [5, 5.41) is 8.34. The summed E-state index contributed by atoms with van der Waals surface area (Å²) < 4.78 is 30.8. The van der Waals surface area contributed by atoms with Crippen LogP contribution >= 0.6 is 0 Å². The molecular weight excluding hydrogens is 262 g/mol. The molecule has 1 aliphatic heterocycles. The summed E-state index contributed by atoms with van der Waals surface area (Å²) in [4.78, 5) is 24.5. The van der Waals surface area contributed by atoms with Crippen molar-refractivity contribution < 1.29 is 28.2 Å². The van der Waals surface area contributed by atoms with Gasteiger partial charge in [0.1, 0.15) is 6.61 Å². The van der Waals surface area contributed by atoms with Crippen molar-refractivity contribution in [3.63, 3.8) is 0 Å². The minimum atomic E-state index is -3.77. The van der Waals surface area contributed by atoms with Crippen molar-refractivity contribution in [1.29, 1.82) is 0 Å². The number of carbonyl (C=O) groups is 2. The van der Waals surface area contributed by atoms with E-state index in [1.54, 1.807) is 0 Å². The third-order valence-electron chi connectivity index (χ3n) is 2.69. The Morgan fingerprint density at radius 2 is 1.89 bits per heavy atom. The maximum atomic E-state index is 13.0. The minimum Gasteiger partial charge on any atom is -0.477 e. The molecule has 0 unspecified atom stereocenters. The fourth-order valence-corrected chi connectivity index (χ4v) is 1.66. The van der Waals surface area contributed by atoms with E-state index in [2.05, 4.69) is 6.58 Å². The van der Waals surface area contributed by atoms with E-state index < -0.39 is 24.5 Å². The fraction of sp³-hybridized carbons (Fsp3) is 0.636. The van der Waals surface area contributed by atoms with Crippen molar-refractivity contribution in [3.8, 4) is 0 Å². The van der Waals surface area contributed by atoms with Gasteiger partial charge in [-0.05, 0) is 0 Å². The largest absolute Gasteiger partial charge is 0.477 e. The number of nitrogens with zero attached hydrogens (tertiary/aromatic N) is 2. The average molecular weight is 278 g/mol. The maximum Gasteiger partial charge on any atom is 0.410 e. The fourth-order valence-electron chi connectivity index (χ4n) is 1.66. The topological polar surface area (TPSA) is 70.1 Å². The summed E-state index contributed by atoms with van der Waals surface area (Å²) in [5.74, 6) is -5.91. The lowest BCUT2D eigenvalue weighted by atomic mass is 10.2. The van der Waals surface area contributed by atoms with Gasteiger partial charge in [0.15, 0.2) is 0 Å². The van der Waals surface area contributed by atoms with Crippen LogP contribution in [0, 0.1) is 0 Å². The molecule has 0 spiro atoms. The summed E-state index contributed by atoms with van der Waals surface area (Å²) in [7, 11) is 0. The Morgan fingerprint density at radius 3 is 2.37 bits per heavy atom. The normalized spacial score (nSPS) is 17.1. The van der Waals surface area contributed by atoms with Crippen LogP contribution in [0.25, 0.3) is 0 Å². The van der Waals surface area contributed by atoms with Crippen molar-refractivity contribution in [3.05, 3.63) is 12.7 Å². The van der Waals surface area contributed by atoms with Gasteiger partial charge in [-0.3, -0.25) is 4.90 Å². The number of halogens is 2. The Morgan fingerprint density at radius 1 is 1.32 bits per heavy atom. The molecule has 8 heteroatoms. The van der Waals surface area contributed by atoms with Crippen LogP contribution in [0.5, 0.6) is 0 Å². The number of aliphatic carboxylic acids is 1. The van der Waals surface area contributed by atoms with E-state index in [9.17, 15) is 18.4 Å². The first-order valence-electron chi connectivity index (χ1n) is 5.73. The molecular formula is C11H16F2N2O4. The number of carboxylic acid groups (broad SMARTS) is 1. The number of carbonyl (C=O) groups excluding carboxylic acids is 1. The second-order valence-corrected chi connectivity index (χ2v) is 4.14. The molecule has 0 saturated carbocycles. The summed E-state index contributed by atoms with van der Waals surface area (Å²) in [6.45, 7) is 3.48. The quantitative estimate of drug-likeness (QED) is 0.748. The number of amides is 1. The second-order valence-electron chi connectivity index (χ2n) is 4.14. The Balaban J connectivity index is 2.39. The standard InChI is InChI=1S/C11H16F2N2O4/c1-2-7-19-10(18)15-5-3-14(4-6-15)8-11(12,13)9(16)17/h2H,1,3-8H2,(H,16,17). The first kappa shape index (κ1) is 15.4. The maximum absolute atomic E-state index is 13.0. The number of ether oxygens (including phenoxy) is 1. The highest BCUT2D eigenvalue weighted by molar-refractivity contribution is 5.75. The van der Waals surface area contributed by atoms with E-state index in [1.807, 2.05) is 0 Å². The predicted octanol–water partition coefficient (Wildman–Crippen LogP) is 0.646. The zero-order valence-electron chi connectivity index (χ0n) is 10.3. The molecule has 1 fully saturated rings. The predicted molar refractivity (Wildman–Crippen MR) is 62.1 cm³/mol. The molecule has 1 amide bonds. The Kier molecular flexibility index (Phi) is 5.22. The molecule has 1 aliphatic rings. The van der Waals surface area contributed by atoms with Gasteiger partial charge in [-0.2, -0.15) is 8.78 Å². The highest BCUT2D eigenvalue weighted by Crippen LogP contribution is 2.17. The number of hydrogen-bond acceptors (Lipinski definition) is 4. The molecule has 0 aliphatic carbocycles. The summed E-state index contributed by atoms with van der Waals surface area (Å²) in [6.07, 6.45) is 0.909. The van der Waals surface area contributed by atoms with Gasteiger partial charge in [0, 0.05) is 26.2 Å². The second kappa shape index (κ2) is 6.46. The molecule has 0 atom stereocenters. The molecule has 108 valence electrons. The molecule has 19 heavy (non-hydrogen) atoms. The van der Waals surface area contributed by atoms with E-state index in [4.69, 9.17) is 9.84 Å². The first-order valence-corrected chi connectivity index (χ1v) is 5.73. The van der Waals surface area contributed by atoms with Crippen molar-refractivity contribution in [2.24, 2.45) is 0 Å². The van der Waals surface area contributed by atoms with Crippen LogP contribution in [0.1, 0.15) is 0 Å². The number of carboxylic acids is 1. The van der Waals surface area contributed by atoms with Crippen molar-refractivity contribution in [2.45, 2.75) is 5.92 Å². The van der Waals surface area contributed by atoms with Gasteiger partial charge in [0.25, 0.3) is 0 Å². The summed E-state index contributed by atoms with van der Waals surface area (Å²) >= 11 is 0. The van der Waals surface area contributed by atoms with E-state index in [0.717, 1.165) is 0 Å². The lowest BCUT2D eigenvalue weighted by molar-refractivity contribution is -0.167. The minimum absolute atomic E-state index is 0.0934. The first-order chi connectivity index (χ1) is 8.86. The highest BCUT2D eigenvalue weighted by Gasteiger charge is 2.41. The van der Waals surface area contributed by atoms with Gasteiger partial charge >= 0.3 is 18.0 Å². The van der Waals surface area contributed by atoms with Gasteiger partial charge in [0.2, 0.25) is 0 Å². The lowest BCUT2D eigenvalue weighted by Crippen LogP contribution is -2.53. The smallest absolute Gasteiger partial charge is 0.410 e. The van der Waals surface area contributed by atoms with E-state index in [1.165, 1.54) is 15.9 Å². The Hall–Kier alpha value is -1.70. The SMILES string of the molecule is C=CCOC(=O)N1CCN(CC(F)(F)C(=O)O)CC1. The van der Waals surface area contributed by atoms with Crippen LogP contribution in [0.15, 0.2) is 12.7 Å². The number of piperazine rings is 1.